The van der Waals surface area contributed by atoms with Crippen LogP contribution in [0.1, 0.15) is 18.7 Å². The second-order valence-corrected chi connectivity index (χ2v) is 6.62. The van der Waals surface area contributed by atoms with Crippen LogP contribution in [0.4, 0.5) is 5.69 Å². The molecule has 8 heteroatoms. The van der Waals surface area contributed by atoms with Crippen LogP contribution in [-0.4, -0.2) is 23.2 Å². The first-order valence-corrected chi connectivity index (χ1v) is 8.91. The summed E-state index contributed by atoms with van der Waals surface area (Å²) >= 11 is 7.50. The first kappa shape index (κ1) is 17.4. The van der Waals surface area contributed by atoms with E-state index in [0.29, 0.717) is 47.4 Å². The third-order valence-corrected chi connectivity index (χ3v) is 4.54. The van der Waals surface area contributed by atoms with E-state index in [4.69, 9.17) is 20.9 Å². The highest BCUT2D eigenvalue weighted by molar-refractivity contribution is 7.13. The van der Waals surface area contributed by atoms with Gasteiger partial charge in [0.1, 0.15) is 5.75 Å². The lowest BCUT2D eigenvalue weighted by Crippen LogP contribution is -2.12. The maximum atomic E-state index is 12.1. The number of nitrogens with one attached hydrogen (secondary N) is 1. The Labute approximate surface area is 153 Å². The molecule has 2 aromatic heterocycles. The molecule has 6 nitrogen and oxygen atoms in total. The van der Waals surface area contributed by atoms with Crippen molar-refractivity contribution >= 4 is 34.5 Å². The number of rotatable bonds is 7. The predicted molar refractivity (Wildman–Crippen MR) is 97.2 cm³/mol. The zero-order chi connectivity index (χ0) is 17.6. The second-order valence-electron chi connectivity index (χ2n) is 5.24. The highest BCUT2D eigenvalue weighted by Gasteiger charge is 2.11. The Balaban J connectivity index is 1.51. The molecule has 1 N–H and O–H groups in total. The fourth-order valence-electron chi connectivity index (χ4n) is 2.25. The number of thiophene rings is 1. The smallest absolute Gasteiger partial charge is 0.226 e. The fourth-order valence-corrected chi connectivity index (χ4v) is 3.07. The molecule has 0 fully saturated rings. The maximum absolute atomic E-state index is 12.1. The summed E-state index contributed by atoms with van der Waals surface area (Å²) in [5, 5.41) is 9.24. The van der Waals surface area contributed by atoms with Crippen molar-refractivity contribution in [2.75, 3.05) is 12.4 Å². The van der Waals surface area contributed by atoms with E-state index in [0.717, 1.165) is 4.88 Å². The summed E-state index contributed by atoms with van der Waals surface area (Å²) in [7, 11) is 1.54. The minimum absolute atomic E-state index is 0.126. The van der Waals surface area contributed by atoms with Gasteiger partial charge in [0.25, 0.3) is 0 Å². The number of carbonyl (C=O) groups is 1. The summed E-state index contributed by atoms with van der Waals surface area (Å²) in [6.45, 7) is 0. The lowest BCUT2D eigenvalue weighted by atomic mass is 10.2. The van der Waals surface area contributed by atoms with E-state index in [9.17, 15) is 4.79 Å². The van der Waals surface area contributed by atoms with Crippen LogP contribution in [0.3, 0.4) is 0 Å². The lowest BCUT2D eigenvalue weighted by molar-refractivity contribution is -0.116. The van der Waals surface area contributed by atoms with Crippen LogP contribution in [0.5, 0.6) is 5.75 Å². The molecular formula is C17H16ClN3O3S. The Hall–Kier alpha value is -2.38. The number of nitrogens with zero attached hydrogens (tertiary/aromatic N) is 2. The highest BCUT2D eigenvalue weighted by atomic mass is 35.5. The van der Waals surface area contributed by atoms with Gasteiger partial charge in [-0.25, -0.2) is 0 Å². The molecule has 0 aliphatic rings. The van der Waals surface area contributed by atoms with Crippen molar-refractivity contribution < 1.29 is 14.1 Å². The second kappa shape index (κ2) is 8.13. The van der Waals surface area contributed by atoms with E-state index >= 15 is 0 Å². The molecule has 0 aliphatic heterocycles. The van der Waals surface area contributed by atoms with Gasteiger partial charge in [-0.05, 0) is 36.1 Å². The number of ether oxygens (including phenoxy) is 1. The molecule has 2 heterocycles. The van der Waals surface area contributed by atoms with Gasteiger partial charge in [-0.2, -0.15) is 4.98 Å². The summed E-state index contributed by atoms with van der Waals surface area (Å²) in [5.41, 5.74) is 0.553. The van der Waals surface area contributed by atoms with Crippen molar-refractivity contribution in [3.05, 3.63) is 46.6 Å². The Bertz CT molecular complexity index is 849. The highest BCUT2D eigenvalue weighted by Crippen LogP contribution is 2.28. The van der Waals surface area contributed by atoms with Gasteiger partial charge in [-0.1, -0.05) is 22.8 Å². The molecule has 1 amide bonds. The van der Waals surface area contributed by atoms with Crippen LogP contribution in [-0.2, 0) is 11.2 Å². The van der Waals surface area contributed by atoms with Gasteiger partial charge in [-0.15, -0.1) is 11.3 Å². The van der Waals surface area contributed by atoms with E-state index in [2.05, 4.69) is 15.5 Å². The number of aryl methyl sites for hydroxylation is 1. The van der Waals surface area contributed by atoms with Gasteiger partial charge in [-0.3, -0.25) is 4.79 Å². The molecular weight excluding hydrogens is 362 g/mol. The van der Waals surface area contributed by atoms with Crippen LogP contribution in [0.15, 0.2) is 40.2 Å². The quantitative estimate of drug-likeness (QED) is 0.659. The summed E-state index contributed by atoms with van der Waals surface area (Å²) in [5.74, 6) is 1.54. The standard InChI is InChI=1S/C17H16ClN3O3S/c1-23-13-8-7-11(18)10-12(13)19-15(22)5-2-6-16-20-17(21-24-16)14-4-3-9-25-14/h3-4,7-10H,2,5-6H2,1H3,(H,19,22). The van der Waals surface area contributed by atoms with Crippen LogP contribution in [0.2, 0.25) is 5.02 Å². The zero-order valence-corrected chi connectivity index (χ0v) is 15.1. The molecule has 3 rings (SSSR count). The SMILES string of the molecule is COc1ccc(Cl)cc1NC(=O)CCCc1nc(-c2cccs2)no1. The zero-order valence-electron chi connectivity index (χ0n) is 13.5. The first-order valence-electron chi connectivity index (χ1n) is 7.65. The Morgan fingerprint density at radius 3 is 3.04 bits per heavy atom. The molecule has 0 spiro atoms. The minimum Gasteiger partial charge on any atom is -0.495 e. The molecule has 0 saturated carbocycles. The van der Waals surface area contributed by atoms with Gasteiger partial charge in [0.2, 0.25) is 17.6 Å². The fraction of sp³-hybridized carbons (Fsp3) is 0.235. The summed E-state index contributed by atoms with van der Waals surface area (Å²) in [6, 6.07) is 8.94. The number of carbonyl (C=O) groups excluding carboxylic acids is 1. The number of anilines is 1. The first-order chi connectivity index (χ1) is 12.2. The summed E-state index contributed by atoms with van der Waals surface area (Å²) in [6.07, 6.45) is 1.46. The molecule has 25 heavy (non-hydrogen) atoms. The lowest BCUT2D eigenvalue weighted by Gasteiger charge is -2.10. The molecule has 0 radical (unpaired) electrons. The van der Waals surface area contributed by atoms with Gasteiger partial charge in [0.05, 0.1) is 17.7 Å². The van der Waals surface area contributed by atoms with Crippen LogP contribution < -0.4 is 10.1 Å². The Morgan fingerprint density at radius 2 is 2.28 bits per heavy atom. The van der Waals surface area contributed by atoms with Crippen LogP contribution >= 0.6 is 22.9 Å². The average Bonchev–Trinajstić information content (AvgIpc) is 3.26. The Morgan fingerprint density at radius 1 is 1.40 bits per heavy atom. The normalized spacial score (nSPS) is 10.6. The number of halogens is 1. The number of amides is 1. The van der Waals surface area contributed by atoms with Gasteiger partial charge in [0.15, 0.2) is 0 Å². The van der Waals surface area contributed by atoms with Crippen LogP contribution in [0, 0.1) is 0 Å². The molecule has 3 aromatic rings. The number of methoxy groups -OCH3 is 1. The molecule has 0 bridgehead atoms. The number of hydrogen-bond donors (Lipinski definition) is 1. The molecule has 130 valence electrons. The molecule has 0 unspecified atom stereocenters. The summed E-state index contributed by atoms with van der Waals surface area (Å²) in [4.78, 5) is 17.4. The van der Waals surface area contributed by atoms with E-state index in [-0.39, 0.29) is 5.91 Å². The summed E-state index contributed by atoms with van der Waals surface area (Å²) < 4.78 is 10.4. The van der Waals surface area contributed by atoms with Gasteiger partial charge < -0.3 is 14.6 Å². The minimum atomic E-state index is -0.126. The van der Waals surface area contributed by atoms with Crippen molar-refractivity contribution in [2.45, 2.75) is 19.3 Å². The van der Waals surface area contributed by atoms with Crippen molar-refractivity contribution in [1.82, 2.24) is 10.1 Å². The van der Waals surface area contributed by atoms with E-state index < -0.39 is 0 Å². The van der Waals surface area contributed by atoms with Gasteiger partial charge in [0, 0.05) is 17.9 Å². The largest absolute Gasteiger partial charge is 0.495 e. The topological polar surface area (TPSA) is 77.2 Å². The van der Waals surface area contributed by atoms with Crippen molar-refractivity contribution in [3.8, 4) is 16.5 Å². The number of hydrogen-bond acceptors (Lipinski definition) is 6. The monoisotopic (exact) mass is 377 g/mol. The predicted octanol–water partition coefficient (Wildman–Crippen LogP) is 4.42. The third kappa shape index (κ3) is 4.58. The number of aromatic nitrogens is 2. The van der Waals surface area contributed by atoms with Crippen LogP contribution in [0.25, 0.3) is 10.7 Å². The molecule has 0 atom stereocenters. The van der Waals surface area contributed by atoms with E-state index in [1.54, 1.807) is 36.6 Å². The number of benzene rings is 1. The van der Waals surface area contributed by atoms with E-state index in [1.165, 1.54) is 0 Å². The van der Waals surface area contributed by atoms with Crippen molar-refractivity contribution in [3.63, 3.8) is 0 Å². The average molecular weight is 378 g/mol. The van der Waals surface area contributed by atoms with Crippen molar-refractivity contribution in [1.29, 1.82) is 0 Å². The van der Waals surface area contributed by atoms with E-state index in [1.807, 2.05) is 17.5 Å². The van der Waals surface area contributed by atoms with Gasteiger partial charge >= 0.3 is 0 Å². The molecule has 0 saturated heterocycles. The molecule has 1 aromatic carbocycles. The molecule has 0 aliphatic carbocycles. The maximum Gasteiger partial charge on any atom is 0.226 e. The Kier molecular flexibility index (Phi) is 5.67. The third-order valence-electron chi connectivity index (χ3n) is 3.44. The van der Waals surface area contributed by atoms with Crippen molar-refractivity contribution in [2.24, 2.45) is 0 Å².